The third kappa shape index (κ3) is 1.67. The highest BCUT2D eigenvalue weighted by molar-refractivity contribution is 7.22. The predicted octanol–water partition coefficient (Wildman–Crippen LogP) is 2.05. The molecular formula is C9H7N2OS. The van der Waals surface area contributed by atoms with Gasteiger partial charge in [0.05, 0.1) is 10.2 Å². The number of thiazole rings is 1. The lowest BCUT2D eigenvalue weighted by atomic mass is 10.3. The van der Waals surface area contributed by atoms with E-state index < -0.39 is 0 Å². The van der Waals surface area contributed by atoms with E-state index in [0.29, 0.717) is 5.13 Å². The summed E-state index contributed by atoms with van der Waals surface area (Å²) < 4.78 is 0.964. The number of rotatable bonds is 1. The van der Waals surface area contributed by atoms with Gasteiger partial charge in [-0.3, -0.25) is 4.79 Å². The Morgan fingerprint density at radius 1 is 1.69 bits per heavy atom. The molecule has 0 unspecified atom stereocenters. The number of nitrogens with one attached hydrogen (secondary N) is 1. The maximum absolute atomic E-state index is 10.7. The maximum atomic E-state index is 10.7. The Hall–Kier alpha value is -1.42. The van der Waals surface area contributed by atoms with Gasteiger partial charge in [0.2, 0.25) is 5.91 Å². The van der Waals surface area contributed by atoms with Crippen LogP contribution < -0.4 is 5.32 Å². The Kier molecular flexibility index (Phi) is 1.98. The summed E-state index contributed by atoms with van der Waals surface area (Å²) >= 11 is 1.43. The quantitative estimate of drug-likeness (QED) is 0.749. The van der Waals surface area contributed by atoms with Crippen molar-refractivity contribution in [3.05, 3.63) is 24.3 Å². The lowest BCUT2D eigenvalue weighted by Crippen LogP contribution is -2.04. The molecule has 0 atom stereocenters. The van der Waals surface area contributed by atoms with Gasteiger partial charge >= 0.3 is 0 Å². The van der Waals surface area contributed by atoms with Crippen molar-refractivity contribution in [3.8, 4) is 0 Å². The second-order valence-electron chi connectivity index (χ2n) is 2.58. The maximum Gasteiger partial charge on any atom is 0.223 e. The highest BCUT2D eigenvalue weighted by Gasteiger charge is 2.03. The predicted molar refractivity (Wildman–Crippen MR) is 52.8 cm³/mol. The molecule has 13 heavy (non-hydrogen) atoms. The Labute approximate surface area is 79.4 Å². The molecule has 0 saturated carbocycles. The molecule has 1 heterocycles. The van der Waals surface area contributed by atoms with Crippen LogP contribution >= 0.6 is 11.3 Å². The first-order chi connectivity index (χ1) is 6.25. The second kappa shape index (κ2) is 3.14. The van der Waals surface area contributed by atoms with Crippen molar-refractivity contribution in [3.63, 3.8) is 0 Å². The first kappa shape index (κ1) is 8.19. The number of aromatic nitrogens is 1. The Bertz CT molecular complexity index is 417. The zero-order valence-corrected chi connectivity index (χ0v) is 7.81. The summed E-state index contributed by atoms with van der Waals surface area (Å²) in [6.07, 6.45) is 0. The molecule has 1 aromatic heterocycles. The van der Waals surface area contributed by atoms with Crippen LogP contribution in [0, 0.1) is 6.07 Å². The van der Waals surface area contributed by atoms with Gasteiger partial charge in [0.25, 0.3) is 0 Å². The summed E-state index contributed by atoms with van der Waals surface area (Å²) in [7, 11) is 0. The van der Waals surface area contributed by atoms with Crippen molar-refractivity contribution in [1.29, 1.82) is 0 Å². The van der Waals surface area contributed by atoms with E-state index in [-0.39, 0.29) is 5.91 Å². The summed E-state index contributed by atoms with van der Waals surface area (Å²) in [6.45, 7) is 1.47. The number of amides is 1. The van der Waals surface area contributed by atoms with Crippen molar-refractivity contribution in [2.24, 2.45) is 0 Å². The number of carbonyl (C=O) groups is 1. The molecule has 0 fully saturated rings. The van der Waals surface area contributed by atoms with Crippen LogP contribution in [0.15, 0.2) is 18.2 Å². The molecule has 0 aliphatic heterocycles. The smallest absolute Gasteiger partial charge is 0.223 e. The standard InChI is InChI=1S/C9H7N2OS/c1-6(12)10-9-11-7-4-2-3-5-8(7)13-9/h2-4H,1H3,(H,10,11,12). The van der Waals surface area contributed by atoms with Gasteiger partial charge in [-0.2, -0.15) is 0 Å². The summed E-state index contributed by atoms with van der Waals surface area (Å²) in [6, 6.07) is 8.65. The SMILES string of the molecule is CC(=O)Nc1nc2ccc[c]c2s1. The van der Waals surface area contributed by atoms with Crippen molar-refractivity contribution in [1.82, 2.24) is 4.98 Å². The first-order valence-electron chi connectivity index (χ1n) is 3.80. The second-order valence-corrected chi connectivity index (χ2v) is 3.58. The van der Waals surface area contributed by atoms with Crippen LogP contribution in [-0.4, -0.2) is 10.9 Å². The number of hydrogen-bond donors (Lipinski definition) is 1. The summed E-state index contributed by atoms with van der Waals surface area (Å²) in [5, 5.41) is 3.27. The Morgan fingerprint density at radius 3 is 3.23 bits per heavy atom. The van der Waals surface area contributed by atoms with Gasteiger partial charge in [0.1, 0.15) is 0 Å². The fraction of sp³-hybridized carbons (Fsp3) is 0.111. The highest BCUT2D eigenvalue weighted by Crippen LogP contribution is 2.24. The van der Waals surface area contributed by atoms with E-state index in [2.05, 4.69) is 16.4 Å². The van der Waals surface area contributed by atoms with Crippen molar-refractivity contribution in [2.45, 2.75) is 6.92 Å². The lowest BCUT2D eigenvalue weighted by molar-refractivity contribution is -0.114. The molecule has 65 valence electrons. The zero-order valence-electron chi connectivity index (χ0n) is 7.00. The molecule has 1 aromatic carbocycles. The number of carbonyl (C=O) groups excluding carboxylic acids is 1. The van der Waals surface area contributed by atoms with Crippen LogP contribution in [0.1, 0.15) is 6.92 Å². The zero-order chi connectivity index (χ0) is 9.26. The van der Waals surface area contributed by atoms with Crippen LogP contribution in [0.5, 0.6) is 0 Å². The van der Waals surface area contributed by atoms with Gasteiger partial charge in [-0.15, -0.1) is 0 Å². The number of hydrogen-bond acceptors (Lipinski definition) is 3. The van der Waals surface area contributed by atoms with Gasteiger partial charge in [0, 0.05) is 13.0 Å². The molecule has 1 amide bonds. The molecule has 1 N–H and O–H groups in total. The molecular weight excluding hydrogens is 184 g/mol. The van der Waals surface area contributed by atoms with Crippen LogP contribution in [0.3, 0.4) is 0 Å². The molecule has 0 aliphatic rings. The van der Waals surface area contributed by atoms with Crippen molar-refractivity contribution >= 4 is 32.6 Å². The van der Waals surface area contributed by atoms with Gasteiger partial charge in [0.15, 0.2) is 5.13 Å². The number of fused-ring (bicyclic) bond motifs is 1. The van der Waals surface area contributed by atoms with Crippen LogP contribution in [0.4, 0.5) is 5.13 Å². The minimum absolute atomic E-state index is 0.0981. The normalized spacial score (nSPS) is 10.2. The fourth-order valence-electron chi connectivity index (χ4n) is 1.02. The minimum atomic E-state index is -0.0981. The van der Waals surface area contributed by atoms with Gasteiger partial charge in [-0.25, -0.2) is 4.98 Å². The van der Waals surface area contributed by atoms with E-state index in [9.17, 15) is 4.79 Å². The van der Waals surface area contributed by atoms with E-state index in [1.165, 1.54) is 18.3 Å². The monoisotopic (exact) mass is 191 g/mol. The highest BCUT2D eigenvalue weighted by atomic mass is 32.1. The van der Waals surface area contributed by atoms with Gasteiger partial charge in [-0.1, -0.05) is 23.5 Å². The Morgan fingerprint density at radius 2 is 2.54 bits per heavy atom. The van der Waals surface area contributed by atoms with E-state index in [1.807, 2.05) is 18.2 Å². The van der Waals surface area contributed by atoms with Crippen molar-refractivity contribution in [2.75, 3.05) is 5.32 Å². The summed E-state index contributed by atoms with van der Waals surface area (Å²) in [5.41, 5.74) is 0.872. The van der Waals surface area contributed by atoms with Crippen LogP contribution in [0.2, 0.25) is 0 Å². The molecule has 3 nitrogen and oxygen atoms in total. The number of benzene rings is 1. The Balaban J connectivity index is 2.44. The van der Waals surface area contributed by atoms with E-state index in [0.717, 1.165) is 10.2 Å². The molecule has 1 radical (unpaired) electrons. The fourth-order valence-corrected chi connectivity index (χ4v) is 1.89. The molecule has 0 bridgehead atoms. The molecule has 2 aromatic rings. The molecule has 4 heteroatoms. The number of nitrogens with zero attached hydrogens (tertiary/aromatic N) is 1. The van der Waals surface area contributed by atoms with E-state index in [4.69, 9.17) is 0 Å². The van der Waals surface area contributed by atoms with Gasteiger partial charge < -0.3 is 5.32 Å². The molecule has 0 aliphatic carbocycles. The average molecular weight is 191 g/mol. The topological polar surface area (TPSA) is 42.0 Å². The van der Waals surface area contributed by atoms with Crippen LogP contribution in [-0.2, 0) is 4.79 Å². The third-order valence-electron chi connectivity index (χ3n) is 1.50. The van der Waals surface area contributed by atoms with Crippen LogP contribution in [0.25, 0.3) is 10.2 Å². The minimum Gasteiger partial charge on any atom is -0.302 e. The largest absolute Gasteiger partial charge is 0.302 e. The summed E-state index contributed by atoms with van der Waals surface area (Å²) in [5.74, 6) is -0.0981. The molecule has 0 spiro atoms. The molecule has 0 saturated heterocycles. The van der Waals surface area contributed by atoms with E-state index >= 15 is 0 Å². The van der Waals surface area contributed by atoms with Crippen molar-refractivity contribution < 1.29 is 4.79 Å². The molecule has 2 rings (SSSR count). The van der Waals surface area contributed by atoms with E-state index in [1.54, 1.807) is 0 Å². The average Bonchev–Trinajstić information content (AvgIpc) is 2.44. The number of anilines is 1. The first-order valence-corrected chi connectivity index (χ1v) is 4.62. The lowest BCUT2D eigenvalue weighted by Gasteiger charge is -1.91. The van der Waals surface area contributed by atoms with Gasteiger partial charge in [-0.05, 0) is 6.07 Å². The third-order valence-corrected chi connectivity index (χ3v) is 2.42. The summed E-state index contributed by atoms with van der Waals surface area (Å²) in [4.78, 5) is 14.9.